The minimum absolute atomic E-state index is 0.220. The standard InChI is InChI=1S/C17H17FN2S/c1-2-21-17-5-3-4-16(15(17)12-19)20-11-10-13-6-8-14(18)9-7-13/h3-9,20H,2,10-11H2,1H3. The molecule has 0 saturated carbocycles. The van der Waals surface area contributed by atoms with Gasteiger partial charge in [0.05, 0.1) is 11.3 Å². The van der Waals surface area contributed by atoms with Gasteiger partial charge in [0, 0.05) is 11.4 Å². The van der Waals surface area contributed by atoms with Crippen molar-refractivity contribution in [3.63, 3.8) is 0 Å². The molecule has 0 fully saturated rings. The maximum absolute atomic E-state index is 12.8. The van der Waals surface area contributed by atoms with Crippen molar-refractivity contribution >= 4 is 17.4 Å². The summed E-state index contributed by atoms with van der Waals surface area (Å²) in [5, 5.41) is 12.6. The van der Waals surface area contributed by atoms with Crippen LogP contribution in [0.2, 0.25) is 0 Å². The van der Waals surface area contributed by atoms with Gasteiger partial charge in [0.15, 0.2) is 0 Å². The van der Waals surface area contributed by atoms with Gasteiger partial charge in [-0.25, -0.2) is 4.39 Å². The van der Waals surface area contributed by atoms with Gasteiger partial charge in [-0.15, -0.1) is 11.8 Å². The van der Waals surface area contributed by atoms with Crippen molar-refractivity contribution in [1.82, 2.24) is 0 Å². The van der Waals surface area contributed by atoms with Crippen LogP contribution < -0.4 is 5.32 Å². The molecule has 0 saturated heterocycles. The molecular formula is C17H17FN2S. The lowest BCUT2D eigenvalue weighted by Gasteiger charge is -2.11. The number of rotatable bonds is 6. The second-order valence-electron chi connectivity index (χ2n) is 4.53. The summed E-state index contributed by atoms with van der Waals surface area (Å²) >= 11 is 1.67. The number of nitriles is 1. The predicted octanol–water partition coefficient (Wildman–Crippen LogP) is 4.46. The van der Waals surface area contributed by atoms with Crippen molar-refractivity contribution in [3.8, 4) is 6.07 Å². The second-order valence-corrected chi connectivity index (χ2v) is 5.83. The minimum Gasteiger partial charge on any atom is -0.384 e. The molecule has 0 radical (unpaired) electrons. The molecule has 4 heteroatoms. The third-order valence-corrected chi connectivity index (χ3v) is 4.02. The van der Waals surface area contributed by atoms with E-state index in [1.807, 2.05) is 18.2 Å². The van der Waals surface area contributed by atoms with Crippen molar-refractivity contribution in [1.29, 1.82) is 5.26 Å². The van der Waals surface area contributed by atoms with Crippen LogP contribution in [0.3, 0.4) is 0 Å². The molecule has 0 unspecified atom stereocenters. The summed E-state index contributed by atoms with van der Waals surface area (Å²) in [6.07, 6.45) is 0.788. The van der Waals surface area contributed by atoms with Crippen molar-refractivity contribution in [2.24, 2.45) is 0 Å². The number of hydrogen-bond donors (Lipinski definition) is 1. The highest BCUT2D eigenvalue weighted by Crippen LogP contribution is 2.27. The van der Waals surface area contributed by atoms with Crippen molar-refractivity contribution in [2.75, 3.05) is 17.6 Å². The molecule has 2 aromatic rings. The molecule has 2 nitrogen and oxygen atoms in total. The summed E-state index contributed by atoms with van der Waals surface area (Å²) < 4.78 is 12.8. The van der Waals surface area contributed by atoms with Crippen LogP contribution in [0.25, 0.3) is 0 Å². The average Bonchev–Trinajstić information content (AvgIpc) is 2.50. The van der Waals surface area contributed by atoms with Crippen LogP contribution in [-0.4, -0.2) is 12.3 Å². The molecule has 2 rings (SSSR count). The number of nitrogens with zero attached hydrogens (tertiary/aromatic N) is 1. The molecule has 0 aromatic heterocycles. The normalized spacial score (nSPS) is 10.1. The van der Waals surface area contributed by atoms with E-state index in [1.165, 1.54) is 12.1 Å². The Morgan fingerprint density at radius 3 is 2.62 bits per heavy atom. The fourth-order valence-electron chi connectivity index (χ4n) is 2.06. The molecule has 2 aromatic carbocycles. The topological polar surface area (TPSA) is 35.8 Å². The number of nitrogens with one attached hydrogen (secondary N) is 1. The monoisotopic (exact) mass is 300 g/mol. The SMILES string of the molecule is CCSc1cccc(NCCc2ccc(F)cc2)c1C#N. The lowest BCUT2D eigenvalue weighted by Crippen LogP contribution is -2.06. The summed E-state index contributed by atoms with van der Waals surface area (Å²) in [6, 6.07) is 14.6. The molecule has 0 aliphatic rings. The first kappa shape index (κ1) is 15.4. The zero-order valence-electron chi connectivity index (χ0n) is 11.9. The third kappa shape index (κ3) is 4.24. The molecule has 0 bridgehead atoms. The Labute approximate surface area is 129 Å². The lowest BCUT2D eigenvalue weighted by molar-refractivity contribution is 0.627. The first-order valence-electron chi connectivity index (χ1n) is 6.88. The number of anilines is 1. The number of halogens is 1. The highest BCUT2D eigenvalue weighted by Gasteiger charge is 2.07. The van der Waals surface area contributed by atoms with Gasteiger partial charge in [0.2, 0.25) is 0 Å². The fraction of sp³-hybridized carbons (Fsp3) is 0.235. The Morgan fingerprint density at radius 1 is 1.19 bits per heavy atom. The maximum atomic E-state index is 12.8. The fourth-order valence-corrected chi connectivity index (χ4v) is 2.85. The molecule has 0 aliphatic carbocycles. The molecule has 0 heterocycles. The highest BCUT2D eigenvalue weighted by molar-refractivity contribution is 7.99. The number of thioether (sulfide) groups is 1. The van der Waals surface area contributed by atoms with Crippen LogP contribution in [0.5, 0.6) is 0 Å². The zero-order chi connectivity index (χ0) is 15.1. The van der Waals surface area contributed by atoms with E-state index in [2.05, 4.69) is 18.3 Å². The van der Waals surface area contributed by atoms with E-state index in [0.717, 1.165) is 28.3 Å². The Bertz CT molecular complexity index is 632. The van der Waals surface area contributed by atoms with Crippen molar-refractivity contribution < 1.29 is 4.39 Å². The van der Waals surface area contributed by atoms with Gasteiger partial charge in [-0.2, -0.15) is 5.26 Å². The first-order chi connectivity index (χ1) is 10.2. The van der Waals surface area contributed by atoms with Gasteiger partial charge in [0.25, 0.3) is 0 Å². The van der Waals surface area contributed by atoms with E-state index >= 15 is 0 Å². The van der Waals surface area contributed by atoms with E-state index in [-0.39, 0.29) is 5.82 Å². The molecular weight excluding hydrogens is 283 g/mol. The molecule has 0 spiro atoms. The summed E-state index contributed by atoms with van der Waals surface area (Å²) in [6.45, 7) is 2.78. The third-order valence-electron chi connectivity index (χ3n) is 3.08. The number of benzene rings is 2. The second kappa shape index (κ2) is 7.70. The van der Waals surface area contributed by atoms with Gasteiger partial charge < -0.3 is 5.32 Å². The molecule has 108 valence electrons. The minimum atomic E-state index is -0.220. The van der Waals surface area contributed by atoms with Gasteiger partial charge in [-0.1, -0.05) is 25.1 Å². The predicted molar refractivity (Wildman–Crippen MR) is 86.1 cm³/mol. The molecule has 1 N–H and O–H groups in total. The van der Waals surface area contributed by atoms with Gasteiger partial charge in [-0.05, 0) is 42.0 Å². The van der Waals surface area contributed by atoms with Crippen molar-refractivity contribution in [3.05, 3.63) is 59.4 Å². The summed E-state index contributed by atoms with van der Waals surface area (Å²) in [5.41, 5.74) is 2.63. The number of hydrogen-bond acceptors (Lipinski definition) is 3. The first-order valence-corrected chi connectivity index (χ1v) is 7.87. The smallest absolute Gasteiger partial charge is 0.123 e. The summed E-state index contributed by atoms with van der Waals surface area (Å²) in [7, 11) is 0. The van der Waals surface area contributed by atoms with Crippen LogP contribution in [0.4, 0.5) is 10.1 Å². The van der Waals surface area contributed by atoms with E-state index in [1.54, 1.807) is 23.9 Å². The highest BCUT2D eigenvalue weighted by atomic mass is 32.2. The Hall–Kier alpha value is -1.99. The van der Waals surface area contributed by atoms with Crippen molar-refractivity contribution in [2.45, 2.75) is 18.2 Å². The summed E-state index contributed by atoms with van der Waals surface area (Å²) in [5.74, 6) is 0.719. The van der Waals surface area contributed by atoms with Crippen LogP contribution in [0.1, 0.15) is 18.1 Å². The Balaban J connectivity index is 2.01. The van der Waals surface area contributed by atoms with E-state index in [4.69, 9.17) is 0 Å². The van der Waals surface area contributed by atoms with E-state index < -0.39 is 0 Å². The van der Waals surface area contributed by atoms with Crippen LogP contribution in [0.15, 0.2) is 47.4 Å². The molecule has 21 heavy (non-hydrogen) atoms. The van der Waals surface area contributed by atoms with Gasteiger partial charge in [0.1, 0.15) is 11.9 Å². The van der Waals surface area contributed by atoms with E-state index in [0.29, 0.717) is 12.1 Å². The zero-order valence-corrected chi connectivity index (χ0v) is 12.7. The molecule has 0 aliphatic heterocycles. The Kier molecular flexibility index (Phi) is 5.65. The lowest BCUT2D eigenvalue weighted by atomic mass is 10.1. The quantitative estimate of drug-likeness (QED) is 0.800. The molecule has 0 amide bonds. The Morgan fingerprint density at radius 2 is 1.95 bits per heavy atom. The van der Waals surface area contributed by atoms with Crippen LogP contribution in [-0.2, 0) is 6.42 Å². The van der Waals surface area contributed by atoms with Gasteiger partial charge >= 0.3 is 0 Å². The largest absolute Gasteiger partial charge is 0.384 e. The van der Waals surface area contributed by atoms with E-state index in [9.17, 15) is 9.65 Å². The maximum Gasteiger partial charge on any atom is 0.123 e. The average molecular weight is 300 g/mol. The van der Waals surface area contributed by atoms with Gasteiger partial charge in [-0.3, -0.25) is 0 Å². The van der Waals surface area contributed by atoms with Crippen LogP contribution in [0, 0.1) is 17.1 Å². The molecule has 0 atom stereocenters. The van der Waals surface area contributed by atoms with Crippen LogP contribution >= 0.6 is 11.8 Å². The summed E-state index contributed by atoms with van der Waals surface area (Å²) in [4.78, 5) is 1.01.